The second-order valence-corrected chi connectivity index (χ2v) is 6.57. The molecular formula is C19H19Cl2IN4. The van der Waals surface area contributed by atoms with Crippen molar-refractivity contribution < 1.29 is 0 Å². The molecule has 1 heterocycles. The highest BCUT2D eigenvalue weighted by Gasteiger charge is 2.10. The van der Waals surface area contributed by atoms with E-state index in [0.29, 0.717) is 22.5 Å². The number of para-hydroxylation sites is 1. The zero-order chi connectivity index (χ0) is 17.8. The number of nitrogens with two attached hydrogens (primary N) is 1. The first-order valence-electron chi connectivity index (χ1n) is 7.88. The molecule has 0 amide bonds. The minimum Gasteiger partial charge on any atom is -0.370 e. The van der Waals surface area contributed by atoms with Crippen molar-refractivity contribution >= 4 is 64.0 Å². The first kappa shape index (κ1) is 20.7. The fourth-order valence-electron chi connectivity index (χ4n) is 2.66. The van der Waals surface area contributed by atoms with E-state index < -0.39 is 0 Å². The van der Waals surface area contributed by atoms with Crippen LogP contribution in [-0.2, 0) is 6.54 Å². The number of aromatic nitrogens is 1. The van der Waals surface area contributed by atoms with E-state index in [2.05, 4.69) is 15.3 Å². The first-order chi connectivity index (χ1) is 12.0. The Kier molecular flexibility index (Phi) is 7.49. The molecule has 0 aliphatic carbocycles. The Morgan fingerprint density at radius 1 is 1.19 bits per heavy atom. The van der Waals surface area contributed by atoms with E-state index in [1.165, 1.54) is 0 Å². The average Bonchev–Trinajstić information content (AvgIpc) is 2.59. The zero-order valence-corrected chi connectivity index (χ0v) is 18.0. The maximum absolute atomic E-state index is 6.23. The third-order valence-corrected chi connectivity index (χ3v) is 4.49. The van der Waals surface area contributed by atoms with Gasteiger partial charge in [0, 0.05) is 21.6 Å². The minimum atomic E-state index is -0.0841. The molecule has 136 valence electrons. The van der Waals surface area contributed by atoms with Gasteiger partial charge in [-0.05, 0) is 36.2 Å². The number of hydrogen-bond donors (Lipinski definition) is 2. The molecule has 0 saturated heterocycles. The number of benzene rings is 2. The molecule has 26 heavy (non-hydrogen) atoms. The number of rotatable bonds is 4. The summed E-state index contributed by atoms with van der Waals surface area (Å²) in [4.78, 5) is 8.86. The van der Waals surface area contributed by atoms with Crippen molar-refractivity contribution in [3.63, 3.8) is 0 Å². The van der Waals surface area contributed by atoms with Gasteiger partial charge in [-0.3, -0.25) is 4.98 Å². The van der Waals surface area contributed by atoms with E-state index >= 15 is 0 Å². The smallest absolute Gasteiger partial charge is 0.189 e. The summed E-state index contributed by atoms with van der Waals surface area (Å²) in [5.74, 6) is 0.353. The molecule has 1 unspecified atom stereocenters. The molecule has 0 fully saturated rings. The number of pyridine rings is 1. The van der Waals surface area contributed by atoms with Crippen LogP contribution >= 0.6 is 47.2 Å². The molecule has 0 spiro atoms. The molecule has 0 saturated carbocycles. The quantitative estimate of drug-likeness (QED) is 0.289. The van der Waals surface area contributed by atoms with Gasteiger partial charge >= 0.3 is 0 Å². The Hall–Kier alpha value is -1.57. The Morgan fingerprint density at radius 3 is 2.73 bits per heavy atom. The molecule has 3 rings (SSSR count). The number of aliphatic imine (C=N–C) groups is 1. The molecular weight excluding hydrogens is 482 g/mol. The van der Waals surface area contributed by atoms with Gasteiger partial charge in [0.25, 0.3) is 0 Å². The lowest BCUT2D eigenvalue weighted by Crippen LogP contribution is -2.34. The van der Waals surface area contributed by atoms with Crippen LogP contribution in [0.2, 0.25) is 10.0 Å². The standard InChI is InChI=1S/C19H18Cl2N4.HI/c1-12(16-8-7-15(20)10-17(16)21)25-19(22)24-11-14-5-2-4-13-6-3-9-23-18(13)14;/h2-10,12H,11H2,1H3,(H3,22,24,25);1H. The predicted molar refractivity (Wildman–Crippen MR) is 120 cm³/mol. The average molecular weight is 501 g/mol. The number of halogens is 3. The summed E-state index contributed by atoms with van der Waals surface area (Å²) < 4.78 is 0. The summed E-state index contributed by atoms with van der Waals surface area (Å²) in [6, 6.07) is 15.3. The normalized spacial score (nSPS) is 12.5. The molecule has 4 nitrogen and oxygen atoms in total. The molecule has 1 aromatic heterocycles. The molecule has 0 aliphatic heterocycles. The summed E-state index contributed by atoms with van der Waals surface area (Å²) in [7, 11) is 0. The summed E-state index contributed by atoms with van der Waals surface area (Å²) in [5, 5.41) is 5.44. The van der Waals surface area contributed by atoms with Crippen molar-refractivity contribution in [2.45, 2.75) is 19.5 Å². The molecule has 0 radical (unpaired) electrons. The van der Waals surface area contributed by atoms with Crippen LogP contribution in [0.1, 0.15) is 24.1 Å². The van der Waals surface area contributed by atoms with Crippen LogP contribution in [0.15, 0.2) is 59.7 Å². The molecule has 0 bridgehead atoms. The van der Waals surface area contributed by atoms with Crippen molar-refractivity contribution in [2.75, 3.05) is 0 Å². The maximum atomic E-state index is 6.23. The molecule has 2 aromatic carbocycles. The fourth-order valence-corrected chi connectivity index (χ4v) is 3.24. The van der Waals surface area contributed by atoms with Gasteiger partial charge in [-0.2, -0.15) is 0 Å². The van der Waals surface area contributed by atoms with Crippen LogP contribution in [0.5, 0.6) is 0 Å². The zero-order valence-electron chi connectivity index (χ0n) is 14.1. The van der Waals surface area contributed by atoms with Crippen LogP contribution in [0.4, 0.5) is 0 Å². The van der Waals surface area contributed by atoms with Crippen LogP contribution in [0.25, 0.3) is 10.9 Å². The van der Waals surface area contributed by atoms with Gasteiger partial charge < -0.3 is 11.1 Å². The molecule has 1 atom stereocenters. The third-order valence-electron chi connectivity index (χ3n) is 3.93. The van der Waals surface area contributed by atoms with Crippen molar-refractivity contribution in [3.8, 4) is 0 Å². The second kappa shape index (κ2) is 9.39. The van der Waals surface area contributed by atoms with Crippen LogP contribution in [0, 0.1) is 0 Å². The van der Waals surface area contributed by atoms with E-state index in [1.54, 1.807) is 18.3 Å². The lowest BCUT2D eigenvalue weighted by molar-refractivity contribution is 0.708. The number of nitrogens with one attached hydrogen (secondary N) is 1. The van der Waals surface area contributed by atoms with E-state index in [0.717, 1.165) is 22.0 Å². The highest BCUT2D eigenvalue weighted by Crippen LogP contribution is 2.26. The van der Waals surface area contributed by atoms with E-state index in [1.807, 2.05) is 43.3 Å². The van der Waals surface area contributed by atoms with Gasteiger partial charge in [0.15, 0.2) is 5.96 Å². The Balaban J connectivity index is 0.00000243. The maximum Gasteiger partial charge on any atom is 0.189 e. The molecule has 3 N–H and O–H groups in total. The number of hydrogen-bond acceptors (Lipinski definition) is 2. The highest BCUT2D eigenvalue weighted by molar-refractivity contribution is 14.0. The van der Waals surface area contributed by atoms with Gasteiger partial charge in [0.05, 0.1) is 18.1 Å². The van der Waals surface area contributed by atoms with Gasteiger partial charge in [-0.25, -0.2) is 4.99 Å². The van der Waals surface area contributed by atoms with E-state index in [-0.39, 0.29) is 30.0 Å². The van der Waals surface area contributed by atoms with E-state index in [4.69, 9.17) is 28.9 Å². The van der Waals surface area contributed by atoms with Gasteiger partial charge in [0.1, 0.15) is 0 Å². The van der Waals surface area contributed by atoms with Gasteiger partial charge in [-0.1, -0.05) is 53.5 Å². The summed E-state index contributed by atoms with van der Waals surface area (Å²) in [5.41, 5.74) is 8.91. The van der Waals surface area contributed by atoms with Crippen LogP contribution in [0.3, 0.4) is 0 Å². The molecule has 7 heteroatoms. The Bertz CT molecular complexity index is 925. The summed E-state index contributed by atoms with van der Waals surface area (Å²) in [6.07, 6.45) is 1.78. The third kappa shape index (κ3) is 4.99. The number of guanidine groups is 1. The van der Waals surface area contributed by atoms with Crippen LogP contribution < -0.4 is 11.1 Å². The lowest BCUT2D eigenvalue weighted by Gasteiger charge is -2.16. The first-order valence-corrected chi connectivity index (χ1v) is 8.64. The van der Waals surface area contributed by atoms with Crippen molar-refractivity contribution in [1.82, 2.24) is 10.3 Å². The minimum absolute atomic E-state index is 0. The largest absolute Gasteiger partial charge is 0.370 e. The number of nitrogens with zero attached hydrogens (tertiary/aromatic N) is 2. The van der Waals surface area contributed by atoms with Crippen molar-refractivity contribution in [1.29, 1.82) is 0 Å². The van der Waals surface area contributed by atoms with E-state index in [9.17, 15) is 0 Å². The van der Waals surface area contributed by atoms with Crippen LogP contribution in [-0.4, -0.2) is 10.9 Å². The van der Waals surface area contributed by atoms with Gasteiger partial charge in [0.2, 0.25) is 0 Å². The van der Waals surface area contributed by atoms with Crippen molar-refractivity contribution in [2.24, 2.45) is 10.7 Å². The summed E-state index contributed by atoms with van der Waals surface area (Å²) in [6.45, 7) is 2.42. The lowest BCUT2D eigenvalue weighted by atomic mass is 10.1. The fraction of sp³-hybridized carbons (Fsp3) is 0.158. The molecule has 0 aliphatic rings. The monoisotopic (exact) mass is 500 g/mol. The number of fused-ring (bicyclic) bond motifs is 1. The topological polar surface area (TPSA) is 63.3 Å². The SMILES string of the molecule is CC(NC(N)=NCc1cccc2cccnc12)c1ccc(Cl)cc1Cl.I. The molecule has 3 aromatic rings. The Morgan fingerprint density at radius 2 is 1.96 bits per heavy atom. The second-order valence-electron chi connectivity index (χ2n) is 5.73. The van der Waals surface area contributed by atoms with Gasteiger partial charge in [-0.15, -0.1) is 24.0 Å². The van der Waals surface area contributed by atoms with Crippen molar-refractivity contribution in [3.05, 3.63) is 75.9 Å². The highest BCUT2D eigenvalue weighted by atomic mass is 127. The summed E-state index contributed by atoms with van der Waals surface area (Å²) >= 11 is 12.2. The Labute approximate surface area is 179 Å². The predicted octanol–water partition coefficient (Wildman–Crippen LogP) is 5.33.